The van der Waals surface area contributed by atoms with Crippen LogP contribution < -0.4 is 15.6 Å². The van der Waals surface area contributed by atoms with Gasteiger partial charge >= 0.3 is 0 Å². The smallest absolute Gasteiger partial charge is 0.273 e. The minimum Gasteiger partial charge on any atom is -0.497 e. The number of rotatable bonds is 3. The van der Waals surface area contributed by atoms with E-state index >= 15 is 0 Å². The molecule has 0 bridgehead atoms. The number of benzene rings is 1. The number of thiocarbonyl (C=S) groups is 1. The Bertz CT molecular complexity index is 724. The van der Waals surface area contributed by atoms with Crippen LogP contribution in [-0.4, -0.2) is 33.6 Å². The number of H-pyrrole nitrogens is 1. The van der Waals surface area contributed by atoms with Crippen LogP contribution >= 0.6 is 12.2 Å². The molecule has 0 atom stereocenters. The average molecular weight is 303 g/mol. The highest BCUT2D eigenvalue weighted by molar-refractivity contribution is 7.80. The van der Waals surface area contributed by atoms with Crippen molar-refractivity contribution in [3.05, 3.63) is 45.9 Å². The molecule has 0 saturated carbocycles. The van der Waals surface area contributed by atoms with Gasteiger partial charge in [0, 0.05) is 6.21 Å². The Morgan fingerprint density at radius 3 is 2.71 bits per heavy atom. The second-order valence-electron chi connectivity index (χ2n) is 4.05. The van der Waals surface area contributed by atoms with Gasteiger partial charge in [-0.05, 0) is 49.0 Å². The largest absolute Gasteiger partial charge is 0.497 e. The van der Waals surface area contributed by atoms with Gasteiger partial charge in [0.05, 0.1) is 7.11 Å². The van der Waals surface area contributed by atoms with E-state index in [1.165, 1.54) is 0 Å². The molecule has 1 aromatic carbocycles. The summed E-state index contributed by atoms with van der Waals surface area (Å²) in [6, 6.07) is 7.33. The number of aliphatic imine (C=N–C) groups is 1. The molecule has 7 nitrogen and oxygen atoms in total. The van der Waals surface area contributed by atoms with Crippen molar-refractivity contribution in [3.63, 3.8) is 0 Å². The number of nitrogens with one attached hydrogen (secondary N) is 2. The number of nitrogens with zero attached hydrogens (tertiary/aromatic N) is 3. The lowest BCUT2D eigenvalue weighted by Crippen LogP contribution is -2.19. The van der Waals surface area contributed by atoms with Crippen LogP contribution in [0.4, 0.5) is 5.95 Å². The second-order valence-corrected chi connectivity index (χ2v) is 4.44. The Labute approximate surface area is 126 Å². The van der Waals surface area contributed by atoms with E-state index in [2.05, 4.69) is 25.5 Å². The van der Waals surface area contributed by atoms with E-state index in [1.54, 1.807) is 20.2 Å². The Hall–Kier alpha value is -2.61. The van der Waals surface area contributed by atoms with Gasteiger partial charge in [0.25, 0.3) is 5.56 Å². The number of methoxy groups -OCH3 is 1. The summed E-state index contributed by atoms with van der Waals surface area (Å²) in [5, 5.41) is 10.3. The lowest BCUT2D eigenvalue weighted by molar-refractivity contribution is 0.415. The Kier molecular flexibility index (Phi) is 4.72. The first-order valence-electron chi connectivity index (χ1n) is 6.01. The summed E-state index contributed by atoms with van der Waals surface area (Å²) in [5.41, 5.74) is 0.825. The van der Waals surface area contributed by atoms with Crippen molar-refractivity contribution in [1.29, 1.82) is 0 Å². The molecule has 2 N–H and O–H groups in total. The molecule has 8 heteroatoms. The maximum atomic E-state index is 11.4. The molecule has 0 unspecified atom stereocenters. The quantitative estimate of drug-likeness (QED) is 0.656. The predicted octanol–water partition coefficient (Wildman–Crippen LogP) is 1.30. The lowest BCUT2D eigenvalue weighted by Gasteiger charge is -2.02. The van der Waals surface area contributed by atoms with Crippen LogP contribution in [0, 0.1) is 6.92 Å². The molecule has 0 saturated heterocycles. The highest BCUT2D eigenvalue weighted by atomic mass is 32.1. The zero-order valence-corrected chi connectivity index (χ0v) is 12.3. The van der Waals surface area contributed by atoms with Gasteiger partial charge in [0.2, 0.25) is 5.95 Å². The topological polar surface area (TPSA) is 92.3 Å². The van der Waals surface area contributed by atoms with Gasteiger partial charge in [-0.3, -0.25) is 15.1 Å². The number of hydrogen-bond acceptors (Lipinski definition) is 5. The molecule has 0 amide bonds. The first-order chi connectivity index (χ1) is 10.1. The summed E-state index contributed by atoms with van der Waals surface area (Å²) in [6.45, 7) is 1.57. The van der Waals surface area contributed by atoms with E-state index in [0.29, 0.717) is 0 Å². The number of aromatic nitrogens is 3. The van der Waals surface area contributed by atoms with Gasteiger partial charge in [-0.25, -0.2) is 4.99 Å². The Morgan fingerprint density at radius 1 is 1.38 bits per heavy atom. The number of aryl methyl sites for hydroxylation is 1. The molecule has 1 aromatic heterocycles. The van der Waals surface area contributed by atoms with Crippen LogP contribution in [0.1, 0.15) is 11.3 Å². The van der Waals surface area contributed by atoms with Crippen molar-refractivity contribution >= 4 is 29.5 Å². The summed E-state index contributed by atoms with van der Waals surface area (Å²) >= 11 is 5.04. The van der Waals surface area contributed by atoms with Crippen LogP contribution in [0.15, 0.2) is 34.1 Å². The molecule has 1 heterocycles. The third-order valence-electron chi connectivity index (χ3n) is 2.53. The van der Waals surface area contributed by atoms with Gasteiger partial charge in [-0.15, -0.1) is 10.2 Å². The molecule has 0 spiro atoms. The molecular formula is C13H13N5O2S. The van der Waals surface area contributed by atoms with Crippen LogP contribution in [0.2, 0.25) is 0 Å². The maximum absolute atomic E-state index is 11.4. The van der Waals surface area contributed by atoms with Crippen molar-refractivity contribution in [2.75, 3.05) is 12.4 Å². The van der Waals surface area contributed by atoms with Crippen molar-refractivity contribution in [2.45, 2.75) is 6.92 Å². The Balaban J connectivity index is 2.01. The fourth-order valence-corrected chi connectivity index (χ4v) is 1.56. The molecule has 21 heavy (non-hydrogen) atoms. The third-order valence-corrected chi connectivity index (χ3v) is 2.74. The van der Waals surface area contributed by atoms with Crippen LogP contribution in [0.25, 0.3) is 0 Å². The summed E-state index contributed by atoms with van der Waals surface area (Å²) < 4.78 is 5.06. The first-order valence-corrected chi connectivity index (χ1v) is 6.42. The highest BCUT2D eigenvalue weighted by Gasteiger charge is 2.01. The summed E-state index contributed by atoms with van der Waals surface area (Å²) in [5.74, 6) is 0.919. The van der Waals surface area contributed by atoms with E-state index in [4.69, 9.17) is 17.0 Å². The normalized spacial score (nSPS) is 10.6. The minimum atomic E-state index is -0.325. The fraction of sp³-hybridized carbons (Fsp3) is 0.154. The summed E-state index contributed by atoms with van der Waals surface area (Å²) in [6.07, 6.45) is 1.59. The predicted molar refractivity (Wildman–Crippen MR) is 84.2 cm³/mol. The zero-order chi connectivity index (χ0) is 15.2. The lowest BCUT2D eigenvalue weighted by atomic mass is 10.2. The molecule has 0 fully saturated rings. The Morgan fingerprint density at radius 2 is 2.10 bits per heavy atom. The van der Waals surface area contributed by atoms with Gasteiger partial charge in [0.15, 0.2) is 5.11 Å². The van der Waals surface area contributed by atoms with Crippen LogP contribution in [0.3, 0.4) is 0 Å². The number of ether oxygens (including phenoxy) is 1. The molecule has 0 aliphatic rings. The molecule has 0 radical (unpaired) electrons. The SMILES string of the molecule is COc1ccc(/C=N/C(=S)Nc2nnc(C)c(=O)[nH]2)cc1. The van der Waals surface area contributed by atoms with Crippen molar-refractivity contribution in [1.82, 2.24) is 15.2 Å². The molecule has 0 aliphatic carbocycles. The van der Waals surface area contributed by atoms with E-state index in [-0.39, 0.29) is 22.3 Å². The van der Waals surface area contributed by atoms with Gasteiger partial charge in [0.1, 0.15) is 11.4 Å². The van der Waals surface area contributed by atoms with Gasteiger partial charge < -0.3 is 4.74 Å². The number of anilines is 1. The number of hydrogen-bond donors (Lipinski definition) is 2. The summed E-state index contributed by atoms with van der Waals surface area (Å²) in [7, 11) is 1.60. The third kappa shape index (κ3) is 4.18. The monoisotopic (exact) mass is 303 g/mol. The van der Waals surface area contributed by atoms with E-state index in [9.17, 15) is 4.79 Å². The molecule has 2 rings (SSSR count). The first kappa shape index (κ1) is 14.8. The van der Waals surface area contributed by atoms with Crippen molar-refractivity contribution in [3.8, 4) is 5.75 Å². The molecule has 108 valence electrons. The van der Waals surface area contributed by atoms with Crippen LogP contribution in [-0.2, 0) is 0 Å². The second kappa shape index (κ2) is 6.71. The van der Waals surface area contributed by atoms with E-state index < -0.39 is 0 Å². The maximum Gasteiger partial charge on any atom is 0.273 e. The van der Waals surface area contributed by atoms with Crippen molar-refractivity contribution in [2.24, 2.45) is 4.99 Å². The van der Waals surface area contributed by atoms with Crippen molar-refractivity contribution < 1.29 is 4.74 Å². The fourth-order valence-electron chi connectivity index (χ4n) is 1.41. The average Bonchev–Trinajstić information content (AvgIpc) is 2.49. The standard InChI is InChI=1S/C13H13N5O2S/c1-8-11(19)15-12(18-17-8)16-13(21)14-7-9-3-5-10(20-2)6-4-9/h3-7H,1-2H3,(H2,15,16,18,19,21)/b14-7+. The van der Waals surface area contributed by atoms with Gasteiger partial charge in [-0.1, -0.05) is 0 Å². The molecule has 2 aromatic rings. The number of aromatic amines is 1. The van der Waals surface area contributed by atoms with Crippen LogP contribution in [0.5, 0.6) is 5.75 Å². The van der Waals surface area contributed by atoms with Gasteiger partial charge in [-0.2, -0.15) is 0 Å². The van der Waals surface area contributed by atoms with E-state index in [0.717, 1.165) is 11.3 Å². The summed E-state index contributed by atoms with van der Waals surface area (Å²) in [4.78, 5) is 17.9. The zero-order valence-electron chi connectivity index (χ0n) is 11.5. The molecule has 0 aliphatic heterocycles. The van der Waals surface area contributed by atoms with E-state index in [1.807, 2.05) is 24.3 Å². The minimum absolute atomic E-state index is 0.155. The highest BCUT2D eigenvalue weighted by Crippen LogP contribution is 2.09. The molecular weight excluding hydrogens is 290 g/mol.